The number of allylic oxidation sites excluding steroid dienone is 1. The maximum absolute atomic E-state index is 8.79. The molecule has 0 aliphatic carbocycles. The van der Waals surface area contributed by atoms with Gasteiger partial charge in [0.1, 0.15) is 5.84 Å². The number of amidine groups is 1. The molecule has 2 aromatic rings. The molecule has 0 aromatic heterocycles. The SMILES string of the molecule is CC(CNCC(=N)N(Cc1ccccc1)Cc1ccccc1)[C@@H](C)N(C)/C=C1/CCCCN1. The lowest BCUT2D eigenvalue weighted by molar-refractivity contribution is 0.257. The summed E-state index contributed by atoms with van der Waals surface area (Å²) >= 11 is 0. The van der Waals surface area contributed by atoms with E-state index in [-0.39, 0.29) is 0 Å². The van der Waals surface area contributed by atoms with E-state index in [0.717, 1.165) is 32.6 Å². The maximum atomic E-state index is 8.79. The Bertz CT molecular complexity index is 815. The fraction of sp³-hybridized carbons (Fsp3) is 0.464. The fourth-order valence-electron chi connectivity index (χ4n) is 4.21. The van der Waals surface area contributed by atoms with E-state index in [1.165, 1.54) is 29.7 Å². The standard InChI is InChI=1S/C28H41N5/c1-23(24(2)32(3)22-27-16-10-11-17-31-27)18-30-19-28(29)33(20-25-12-6-4-7-13-25)21-26-14-8-5-9-15-26/h4-9,12-15,22-24,29-31H,10-11,16-21H2,1-3H3/b27-22-,29-28?/t23?,24-/m1/s1. The quantitative estimate of drug-likeness (QED) is 0.341. The van der Waals surface area contributed by atoms with Crippen LogP contribution in [-0.4, -0.2) is 48.4 Å². The van der Waals surface area contributed by atoms with Crippen molar-refractivity contribution in [3.05, 3.63) is 83.7 Å². The van der Waals surface area contributed by atoms with Gasteiger partial charge in [0.05, 0.1) is 6.54 Å². The summed E-state index contributed by atoms with van der Waals surface area (Å²) in [5.41, 5.74) is 3.81. The van der Waals surface area contributed by atoms with Crippen LogP contribution in [0.4, 0.5) is 0 Å². The number of hydrogen-bond acceptors (Lipinski definition) is 4. The monoisotopic (exact) mass is 447 g/mol. The summed E-state index contributed by atoms with van der Waals surface area (Å²) in [7, 11) is 2.17. The van der Waals surface area contributed by atoms with Crippen molar-refractivity contribution in [2.45, 2.75) is 52.2 Å². The molecule has 33 heavy (non-hydrogen) atoms. The number of piperidine rings is 1. The first-order valence-corrected chi connectivity index (χ1v) is 12.3. The first-order chi connectivity index (χ1) is 16.0. The maximum Gasteiger partial charge on any atom is 0.111 e. The van der Waals surface area contributed by atoms with Gasteiger partial charge in [-0.1, -0.05) is 67.6 Å². The number of rotatable bonds is 11. The zero-order valence-electron chi connectivity index (χ0n) is 20.6. The van der Waals surface area contributed by atoms with Crippen molar-refractivity contribution in [3.63, 3.8) is 0 Å². The molecule has 0 saturated carbocycles. The fourth-order valence-corrected chi connectivity index (χ4v) is 4.21. The third kappa shape index (κ3) is 8.25. The van der Waals surface area contributed by atoms with Gasteiger partial charge in [-0.05, 0) is 43.2 Å². The van der Waals surface area contributed by atoms with Crippen molar-refractivity contribution in [2.24, 2.45) is 5.92 Å². The molecule has 1 heterocycles. The highest BCUT2D eigenvalue weighted by Gasteiger charge is 2.17. The smallest absolute Gasteiger partial charge is 0.111 e. The van der Waals surface area contributed by atoms with Crippen LogP contribution in [0.3, 0.4) is 0 Å². The van der Waals surface area contributed by atoms with Gasteiger partial charge in [0.15, 0.2) is 0 Å². The van der Waals surface area contributed by atoms with Gasteiger partial charge in [-0.3, -0.25) is 5.41 Å². The Morgan fingerprint density at radius 1 is 1.00 bits per heavy atom. The van der Waals surface area contributed by atoms with Crippen LogP contribution in [0.1, 0.15) is 44.2 Å². The van der Waals surface area contributed by atoms with E-state index in [1.807, 2.05) is 12.1 Å². The summed E-state index contributed by atoms with van der Waals surface area (Å²) in [5, 5.41) is 15.9. The number of nitrogens with one attached hydrogen (secondary N) is 3. The van der Waals surface area contributed by atoms with Crippen LogP contribution in [-0.2, 0) is 13.1 Å². The van der Waals surface area contributed by atoms with E-state index in [1.54, 1.807) is 0 Å². The number of nitrogens with zero attached hydrogens (tertiary/aromatic N) is 2. The van der Waals surface area contributed by atoms with Gasteiger partial charge < -0.3 is 20.4 Å². The Hall–Kier alpha value is -2.79. The van der Waals surface area contributed by atoms with Gasteiger partial charge in [-0.25, -0.2) is 0 Å². The highest BCUT2D eigenvalue weighted by molar-refractivity contribution is 5.81. The van der Waals surface area contributed by atoms with Crippen molar-refractivity contribution >= 4 is 5.84 Å². The molecule has 0 radical (unpaired) electrons. The molecular formula is C28H41N5. The van der Waals surface area contributed by atoms with E-state index < -0.39 is 0 Å². The molecule has 1 aliphatic heterocycles. The molecule has 178 valence electrons. The van der Waals surface area contributed by atoms with Crippen LogP contribution in [0.25, 0.3) is 0 Å². The van der Waals surface area contributed by atoms with Crippen LogP contribution in [0.15, 0.2) is 72.6 Å². The zero-order valence-corrected chi connectivity index (χ0v) is 20.6. The molecule has 5 nitrogen and oxygen atoms in total. The minimum atomic E-state index is 0.424. The molecule has 2 atom stereocenters. The van der Waals surface area contributed by atoms with Crippen LogP contribution in [0.2, 0.25) is 0 Å². The molecule has 0 spiro atoms. The Balaban J connectivity index is 1.52. The lowest BCUT2D eigenvalue weighted by atomic mass is 10.0. The zero-order chi connectivity index (χ0) is 23.5. The summed E-state index contributed by atoms with van der Waals surface area (Å²) in [4.78, 5) is 4.50. The molecule has 1 fully saturated rings. The van der Waals surface area contributed by atoms with Gasteiger partial charge in [0, 0.05) is 51.2 Å². The van der Waals surface area contributed by atoms with E-state index in [0.29, 0.717) is 24.3 Å². The minimum absolute atomic E-state index is 0.424. The second-order valence-electron chi connectivity index (χ2n) is 9.33. The second-order valence-corrected chi connectivity index (χ2v) is 9.33. The predicted molar refractivity (Wildman–Crippen MR) is 139 cm³/mol. The summed E-state index contributed by atoms with van der Waals surface area (Å²) in [6, 6.07) is 21.3. The second kappa shape index (κ2) is 13.0. The minimum Gasteiger partial charge on any atom is -0.387 e. The lowest BCUT2D eigenvalue weighted by Gasteiger charge is -2.31. The largest absolute Gasteiger partial charge is 0.387 e. The number of hydrogen-bond donors (Lipinski definition) is 3. The normalized spacial score (nSPS) is 16.6. The van der Waals surface area contributed by atoms with Crippen molar-refractivity contribution < 1.29 is 0 Å². The summed E-state index contributed by atoms with van der Waals surface area (Å²) in [6.45, 7) is 8.61. The molecule has 5 heteroatoms. The van der Waals surface area contributed by atoms with Crippen LogP contribution in [0.5, 0.6) is 0 Å². The topological polar surface area (TPSA) is 54.4 Å². The van der Waals surface area contributed by atoms with Crippen molar-refractivity contribution in [3.8, 4) is 0 Å². The third-order valence-electron chi connectivity index (χ3n) is 6.62. The van der Waals surface area contributed by atoms with Gasteiger partial charge in [-0.15, -0.1) is 0 Å². The van der Waals surface area contributed by atoms with Gasteiger partial charge in [-0.2, -0.15) is 0 Å². The molecule has 1 aliphatic rings. The Morgan fingerprint density at radius 2 is 1.61 bits per heavy atom. The highest BCUT2D eigenvalue weighted by Crippen LogP contribution is 2.15. The molecule has 0 bridgehead atoms. The van der Waals surface area contributed by atoms with Crippen LogP contribution in [0, 0.1) is 11.3 Å². The summed E-state index contributed by atoms with van der Waals surface area (Å²) < 4.78 is 0. The molecular weight excluding hydrogens is 406 g/mol. The van der Waals surface area contributed by atoms with Crippen molar-refractivity contribution in [1.29, 1.82) is 5.41 Å². The lowest BCUT2D eigenvalue weighted by Crippen LogP contribution is -2.41. The van der Waals surface area contributed by atoms with E-state index >= 15 is 0 Å². The molecule has 1 saturated heterocycles. The predicted octanol–water partition coefficient (Wildman–Crippen LogP) is 4.83. The highest BCUT2D eigenvalue weighted by atomic mass is 15.2. The third-order valence-corrected chi connectivity index (χ3v) is 6.62. The van der Waals surface area contributed by atoms with Gasteiger partial charge in [0.25, 0.3) is 0 Å². The Labute approximate surface area is 200 Å². The van der Waals surface area contributed by atoms with E-state index in [2.05, 4.69) is 96.1 Å². The number of benzene rings is 2. The van der Waals surface area contributed by atoms with Crippen LogP contribution < -0.4 is 10.6 Å². The van der Waals surface area contributed by atoms with Crippen molar-refractivity contribution in [2.75, 3.05) is 26.7 Å². The Kier molecular flexibility index (Phi) is 9.82. The molecule has 3 N–H and O–H groups in total. The summed E-state index contributed by atoms with van der Waals surface area (Å²) in [5.74, 6) is 1.10. The van der Waals surface area contributed by atoms with E-state index in [4.69, 9.17) is 5.41 Å². The molecule has 2 aromatic carbocycles. The average Bonchev–Trinajstić information content (AvgIpc) is 2.85. The van der Waals surface area contributed by atoms with Crippen LogP contribution >= 0.6 is 0 Å². The van der Waals surface area contributed by atoms with E-state index in [9.17, 15) is 0 Å². The summed E-state index contributed by atoms with van der Waals surface area (Å²) in [6.07, 6.45) is 5.99. The first kappa shape index (κ1) is 24.8. The molecule has 0 amide bonds. The van der Waals surface area contributed by atoms with Crippen molar-refractivity contribution in [1.82, 2.24) is 20.4 Å². The first-order valence-electron chi connectivity index (χ1n) is 12.3. The molecule has 1 unspecified atom stereocenters. The molecule has 3 rings (SSSR count). The van der Waals surface area contributed by atoms with Gasteiger partial charge in [0.2, 0.25) is 0 Å². The van der Waals surface area contributed by atoms with Gasteiger partial charge >= 0.3 is 0 Å². The average molecular weight is 448 g/mol. The Morgan fingerprint density at radius 3 is 2.15 bits per heavy atom.